The summed E-state index contributed by atoms with van der Waals surface area (Å²) in [5.41, 5.74) is -0.568. The normalized spacial score (nSPS) is 13.5. The highest BCUT2D eigenvalue weighted by Crippen LogP contribution is 2.25. The van der Waals surface area contributed by atoms with Gasteiger partial charge < -0.3 is 0 Å². The Kier molecular flexibility index (Phi) is 5.73. The molecule has 1 aromatic carbocycles. The lowest BCUT2D eigenvalue weighted by atomic mass is 10.1. The average molecular weight is 338 g/mol. The first kappa shape index (κ1) is 17.9. The summed E-state index contributed by atoms with van der Waals surface area (Å²) in [5.74, 6) is 0. The Balaban J connectivity index is 3.33. The van der Waals surface area contributed by atoms with Gasteiger partial charge in [0.25, 0.3) is 10.1 Å². The maximum atomic E-state index is 11.4. The molecule has 0 saturated heterocycles. The quantitative estimate of drug-likeness (QED) is 0.142. The number of nitrogens with zero attached hydrogens (tertiary/aromatic N) is 1. The van der Waals surface area contributed by atoms with Gasteiger partial charge in [0.15, 0.2) is 0 Å². The zero-order valence-corrected chi connectivity index (χ0v) is 13.2. The molecule has 8 nitrogen and oxygen atoms in total. The highest BCUT2D eigenvalue weighted by Gasteiger charge is 2.26. The molecule has 118 valence electrons. The number of hydroxylamine groups is 1. The molecule has 1 rings (SSSR count). The summed E-state index contributed by atoms with van der Waals surface area (Å²) in [4.78, 5) is -0.161. The molecule has 0 unspecified atom stereocenters. The van der Waals surface area contributed by atoms with Crippen LogP contribution in [0.1, 0.15) is 26.3 Å². The molecule has 0 spiro atoms. The van der Waals surface area contributed by atoms with Gasteiger partial charge in [-0.2, -0.15) is 8.42 Å². The van der Waals surface area contributed by atoms with Gasteiger partial charge in [-0.05, 0) is 22.9 Å². The van der Waals surface area contributed by atoms with E-state index in [-0.39, 0.29) is 10.5 Å². The number of rotatable bonds is 5. The Morgan fingerprint density at radius 1 is 1.33 bits per heavy atom. The number of hydrogen-bond donors (Lipinski definition) is 3. The molecule has 0 saturated carbocycles. The molecule has 3 N–H and O–H groups in total. The van der Waals surface area contributed by atoms with Crippen LogP contribution in [0.25, 0.3) is 0 Å². The van der Waals surface area contributed by atoms with Crippen molar-refractivity contribution in [3.63, 3.8) is 0 Å². The van der Waals surface area contributed by atoms with E-state index in [1.165, 1.54) is 18.3 Å². The van der Waals surface area contributed by atoms with E-state index in [1.807, 2.05) is 0 Å². The molecule has 0 bridgehead atoms. The van der Waals surface area contributed by atoms with E-state index in [1.54, 1.807) is 20.8 Å². The van der Waals surface area contributed by atoms with Crippen LogP contribution in [0.4, 0.5) is 0 Å². The summed E-state index contributed by atoms with van der Waals surface area (Å²) in [7, 11) is -4.51. The Hall–Kier alpha value is -1.17. The Morgan fingerprint density at radius 3 is 2.43 bits per heavy atom. The minimum absolute atomic E-state index is 0.0872. The van der Waals surface area contributed by atoms with Crippen LogP contribution in [-0.2, 0) is 19.5 Å². The highest BCUT2D eigenvalue weighted by molar-refractivity contribution is 7.94. The van der Waals surface area contributed by atoms with E-state index in [0.29, 0.717) is 12.0 Å². The van der Waals surface area contributed by atoms with Crippen LogP contribution in [0, 0.1) is 0 Å². The Bertz CT molecular complexity index is 634. The van der Waals surface area contributed by atoms with Gasteiger partial charge in [0.05, 0.1) is 17.6 Å². The van der Waals surface area contributed by atoms with Crippen molar-refractivity contribution in [3.8, 4) is 0 Å². The molecular weight excluding hydrogens is 322 g/mol. The third-order valence-electron chi connectivity index (χ3n) is 2.37. The summed E-state index contributed by atoms with van der Waals surface area (Å²) >= 11 is 0.546. The fraction of sp³-hybridized carbons (Fsp3) is 0.364. The lowest BCUT2D eigenvalue weighted by molar-refractivity contribution is -0.816. The van der Waals surface area contributed by atoms with E-state index in [4.69, 9.17) is 5.26 Å². The van der Waals surface area contributed by atoms with Crippen molar-refractivity contribution in [1.82, 2.24) is 0 Å². The van der Waals surface area contributed by atoms with E-state index >= 15 is 0 Å². The van der Waals surface area contributed by atoms with Crippen LogP contribution in [0.5, 0.6) is 0 Å². The van der Waals surface area contributed by atoms with Crippen molar-refractivity contribution in [2.75, 3.05) is 0 Å². The first-order valence-electron chi connectivity index (χ1n) is 5.65. The monoisotopic (exact) mass is 338 g/mol. The molecule has 0 radical (unpaired) electrons. The van der Waals surface area contributed by atoms with Crippen LogP contribution in [0.2, 0.25) is 0 Å². The van der Waals surface area contributed by atoms with Gasteiger partial charge in [0.1, 0.15) is 4.90 Å². The van der Waals surface area contributed by atoms with Crippen molar-refractivity contribution >= 4 is 28.4 Å². The summed E-state index contributed by atoms with van der Waals surface area (Å²) in [6, 6.07) is 3.93. The maximum absolute atomic E-state index is 11.4. The fourth-order valence-electron chi connectivity index (χ4n) is 1.28. The van der Waals surface area contributed by atoms with E-state index in [9.17, 15) is 18.2 Å². The van der Waals surface area contributed by atoms with Crippen LogP contribution < -0.4 is 0 Å². The fourth-order valence-corrected chi connectivity index (χ4v) is 2.44. The molecule has 0 aliphatic rings. The van der Waals surface area contributed by atoms with Gasteiger partial charge in [0, 0.05) is 25.7 Å². The molecule has 21 heavy (non-hydrogen) atoms. The SMILES string of the molecule is CC(C)(C)[N+](O)=Cc1ccc(SOOO)cc1S(=O)(=O)O. The summed E-state index contributed by atoms with van der Waals surface area (Å²) < 4.78 is 37.1. The van der Waals surface area contributed by atoms with Gasteiger partial charge in [-0.3, -0.25) is 9.76 Å². The van der Waals surface area contributed by atoms with Gasteiger partial charge in [-0.15, -0.1) is 4.33 Å². The minimum Gasteiger partial charge on any atom is -0.290 e. The number of hydrogen-bond acceptors (Lipinski definition) is 7. The van der Waals surface area contributed by atoms with E-state index in [0.717, 1.165) is 10.8 Å². The zero-order chi connectivity index (χ0) is 16.3. The number of benzene rings is 1. The molecule has 0 aromatic heterocycles. The molecule has 0 heterocycles. The summed E-state index contributed by atoms with van der Waals surface area (Å²) in [6.07, 6.45) is 1.18. The predicted octanol–water partition coefficient (Wildman–Crippen LogP) is 1.98. The van der Waals surface area contributed by atoms with Crippen molar-refractivity contribution in [2.45, 2.75) is 36.1 Å². The lowest BCUT2D eigenvalue weighted by Crippen LogP contribution is -2.31. The van der Waals surface area contributed by atoms with Gasteiger partial charge in [-0.25, -0.2) is 5.26 Å². The molecule has 0 fully saturated rings. The molecule has 0 aliphatic carbocycles. The second-order valence-corrected chi connectivity index (χ2v) is 7.21. The lowest BCUT2D eigenvalue weighted by Gasteiger charge is -2.10. The van der Waals surface area contributed by atoms with Crippen molar-refractivity contribution < 1.29 is 37.5 Å². The first-order chi connectivity index (χ1) is 9.55. The molecule has 0 amide bonds. The van der Waals surface area contributed by atoms with Gasteiger partial charge in [-0.1, -0.05) is 5.04 Å². The standard InChI is InChI=1S/C11H15NO7S2/c1-11(2,3)12(13)7-8-4-5-9(20-19-18-14)6-10(8)21(15,16)17/h4-7H,1-3H3,(H2-,13,14,15,16,17)/p+1. The van der Waals surface area contributed by atoms with Gasteiger partial charge >= 0.3 is 0 Å². The molecule has 10 heteroatoms. The van der Waals surface area contributed by atoms with E-state index < -0.39 is 20.6 Å². The molecule has 0 atom stereocenters. The second-order valence-electron chi connectivity index (χ2n) is 5.05. The third kappa shape index (κ3) is 5.26. The van der Waals surface area contributed by atoms with Crippen molar-refractivity contribution in [2.24, 2.45) is 0 Å². The van der Waals surface area contributed by atoms with Crippen LogP contribution >= 0.6 is 12.0 Å². The van der Waals surface area contributed by atoms with Crippen molar-refractivity contribution in [1.29, 1.82) is 0 Å². The Labute approximate surface area is 126 Å². The summed E-state index contributed by atoms with van der Waals surface area (Å²) in [6.45, 7) is 5.15. The topological polar surface area (TPSA) is 116 Å². The second kappa shape index (κ2) is 6.73. The summed E-state index contributed by atoms with van der Waals surface area (Å²) in [5, 5.41) is 21.3. The molecule has 1 aromatic rings. The largest absolute Gasteiger partial charge is 0.295 e. The van der Waals surface area contributed by atoms with Crippen LogP contribution in [0.15, 0.2) is 28.0 Å². The maximum Gasteiger partial charge on any atom is 0.295 e. The zero-order valence-electron chi connectivity index (χ0n) is 11.5. The third-order valence-corrected chi connectivity index (χ3v) is 3.86. The predicted molar refractivity (Wildman–Crippen MR) is 73.9 cm³/mol. The highest BCUT2D eigenvalue weighted by atomic mass is 32.2. The van der Waals surface area contributed by atoms with Gasteiger partial charge in [0.2, 0.25) is 11.8 Å². The smallest absolute Gasteiger partial charge is 0.290 e. The minimum atomic E-state index is -4.51. The average Bonchev–Trinajstić information content (AvgIpc) is 2.35. The van der Waals surface area contributed by atoms with Crippen LogP contribution in [-0.4, -0.2) is 39.9 Å². The van der Waals surface area contributed by atoms with Crippen LogP contribution in [0.3, 0.4) is 0 Å². The van der Waals surface area contributed by atoms with Crippen molar-refractivity contribution in [3.05, 3.63) is 23.8 Å². The molecule has 0 aliphatic heterocycles. The Morgan fingerprint density at radius 2 is 1.95 bits per heavy atom. The van der Waals surface area contributed by atoms with E-state index in [2.05, 4.69) is 9.37 Å². The first-order valence-corrected chi connectivity index (χ1v) is 7.83. The molecular formula is C11H16NO7S2+.